The molecule has 0 aliphatic carbocycles. The van der Waals surface area contributed by atoms with Gasteiger partial charge >= 0.3 is 0 Å². The molecule has 0 saturated carbocycles. The Kier molecular flexibility index (Phi) is 4.83. The zero-order valence-corrected chi connectivity index (χ0v) is 12.2. The van der Waals surface area contributed by atoms with Crippen molar-refractivity contribution in [2.45, 2.75) is 31.7 Å². The number of aromatic nitrogens is 2. The number of benzene rings is 1. The van der Waals surface area contributed by atoms with Crippen LogP contribution >= 0.6 is 23.2 Å². The summed E-state index contributed by atoms with van der Waals surface area (Å²) in [6, 6.07) is 2.84. The Balaban J connectivity index is 2.25. The molecule has 0 saturated heterocycles. The maximum atomic E-state index is 13.4. The number of nitrogens with two attached hydrogens (primary N) is 1. The number of hydrogen-bond donors (Lipinski definition) is 1. The number of aryl methyl sites for hydroxylation is 1. The zero-order valence-electron chi connectivity index (χ0n) is 10.7. The maximum absolute atomic E-state index is 13.4. The van der Waals surface area contributed by atoms with Gasteiger partial charge in [-0.3, -0.25) is 4.79 Å². The highest BCUT2D eigenvalue weighted by molar-refractivity contribution is 6.31. The number of nitrogens with zero attached hydrogens (tertiary/aromatic N) is 2. The van der Waals surface area contributed by atoms with Crippen LogP contribution in [0.1, 0.15) is 25.1 Å². The van der Waals surface area contributed by atoms with Gasteiger partial charge in [0.05, 0.1) is 21.9 Å². The number of imidazole rings is 1. The van der Waals surface area contributed by atoms with Gasteiger partial charge in [-0.2, -0.15) is 0 Å². The molecule has 0 aliphatic rings. The van der Waals surface area contributed by atoms with E-state index < -0.39 is 5.82 Å². The van der Waals surface area contributed by atoms with Gasteiger partial charge in [-0.1, -0.05) is 11.6 Å². The fourth-order valence-electron chi connectivity index (χ4n) is 2.09. The summed E-state index contributed by atoms with van der Waals surface area (Å²) in [5.74, 6) is 0.0632. The van der Waals surface area contributed by atoms with Crippen LogP contribution in [0.25, 0.3) is 11.0 Å². The summed E-state index contributed by atoms with van der Waals surface area (Å²) in [7, 11) is 0. The number of carbonyl (C=O) groups is 1. The van der Waals surface area contributed by atoms with E-state index in [1.165, 1.54) is 6.07 Å². The number of amides is 1. The molecule has 0 spiro atoms. The predicted molar refractivity (Wildman–Crippen MR) is 77.3 cm³/mol. The van der Waals surface area contributed by atoms with Gasteiger partial charge in [0.1, 0.15) is 11.6 Å². The summed E-state index contributed by atoms with van der Waals surface area (Å²) >= 11 is 11.7. The third-order valence-electron chi connectivity index (χ3n) is 3.04. The number of primary amides is 1. The lowest BCUT2D eigenvalue weighted by atomic mass is 10.2. The molecule has 0 aliphatic heterocycles. The van der Waals surface area contributed by atoms with Crippen LogP contribution in [0.4, 0.5) is 4.39 Å². The average molecular weight is 318 g/mol. The number of rotatable bonds is 6. The van der Waals surface area contributed by atoms with Crippen molar-refractivity contribution in [3.63, 3.8) is 0 Å². The quantitative estimate of drug-likeness (QED) is 0.656. The Morgan fingerprint density at radius 2 is 2.15 bits per heavy atom. The highest BCUT2D eigenvalue weighted by Gasteiger charge is 2.13. The summed E-state index contributed by atoms with van der Waals surface area (Å²) in [5, 5.41) is 0.0527. The number of halogens is 3. The van der Waals surface area contributed by atoms with Crippen molar-refractivity contribution in [3.8, 4) is 0 Å². The molecule has 4 nitrogen and oxygen atoms in total. The molecule has 0 fully saturated rings. The summed E-state index contributed by atoms with van der Waals surface area (Å²) < 4.78 is 15.3. The Hall–Kier alpha value is -1.33. The van der Waals surface area contributed by atoms with Crippen LogP contribution in [-0.4, -0.2) is 15.5 Å². The van der Waals surface area contributed by atoms with Gasteiger partial charge in [-0.25, -0.2) is 9.37 Å². The van der Waals surface area contributed by atoms with E-state index in [0.717, 1.165) is 11.9 Å². The van der Waals surface area contributed by atoms with Crippen LogP contribution in [0.5, 0.6) is 0 Å². The van der Waals surface area contributed by atoms with E-state index in [-0.39, 0.29) is 16.8 Å². The summed E-state index contributed by atoms with van der Waals surface area (Å²) in [6.07, 6.45) is 1.79. The first-order valence-electron chi connectivity index (χ1n) is 6.21. The molecule has 1 aromatic carbocycles. The molecule has 1 aromatic heterocycles. The first-order chi connectivity index (χ1) is 9.52. The minimum Gasteiger partial charge on any atom is -0.370 e. The number of unbranched alkanes of at least 4 members (excludes halogenated alkanes) is 1. The molecule has 1 heterocycles. The Bertz CT molecular complexity index is 642. The SMILES string of the molecule is NC(=O)CCCCn1c(CCl)nc2cc(F)c(Cl)cc21. The van der Waals surface area contributed by atoms with E-state index in [2.05, 4.69) is 4.98 Å². The van der Waals surface area contributed by atoms with Crippen LogP contribution < -0.4 is 5.73 Å². The smallest absolute Gasteiger partial charge is 0.217 e. The normalized spacial score (nSPS) is 11.2. The van der Waals surface area contributed by atoms with Crippen LogP contribution in [0.2, 0.25) is 5.02 Å². The summed E-state index contributed by atoms with van der Waals surface area (Å²) in [5.41, 5.74) is 6.36. The molecule has 20 heavy (non-hydrogen) atoms. The second kappa shape index (κ2) is 6.41. The number of hydrogen-bond acceptors (Lipinski definition) is 2. The van der Waals surface area contributed by atoms with E-state index in [1.54, 1.807) is 6.07 Å². The molecule has 1 amide bonds. The molecule has 0 bridgehead atoms. The standard InChI is InChI=1S/C13H14Cl2FN3O/c14-7-13-18-10-6-9(16)8(15)5-11(10)19(13)4-2-1-3-12(17)20/h5-6H,1-4,7H2,(H2,17,20). The molecule has 0 unspecified atom stereocenters. The van der Waals surface area contributed by atoms with E-state index in [1.807, 2.05) is 4.57 Å². The Labute approximate surface area is 125 Å². The lowest BCUT2D eigenvalue weighted by molar-refractivity contribution is -0.118. The molecular weight excluding hydrogens is 304 g/mol. The van der Waals surface area contributed by atoms with Crippen molar-refractivity contribution in [2.75, 3.05) is 0 Å². The maximum Gasteiger partial charge on any atom is 0.217 e. The van der Waals surface area contributed by atoms with Crippen molar-refractivity contribution in [3.05, 3.63) is 28.8 Å². The van der Waals surface area contributed by atoms with E-state index in [4.69, 9.17) is 28.9 Å². The van der Waals surface area contributed by atoms with Crippen LogP contribution in [0.15, 0.2) is 12.1 Å². The Morgan fingerprint density at radius 1 is 1.40 bits per heavy atom. The molecular formula is C13H14Cl2FN3O. The first kappa shape index (κ1) is 15.1. The van der Waals surface area contributed by atoms with Crippen molar-refractivity contribution in [1.82, 2.24) is 9.55 Å². The lowest BCUT2D eigenvalue weighted by Gasteiger charge is -2.07. The molecule has 2 aromatic rings. The second-order valence-electron chi connectivity index (χ2n) is 4.49. The molecule has 2 N–H and O–H groups in total. The topological polar surface area (TPSA) is 60.9 Å². The minimum atomic E-state index is -0.501. The number of alkyl halides is 1. The number of carbonyl (C=O) groups excluding carboxylic acids is 1. The monoisotopic (exact) mass is 317 g/mol. The highest BCUT2D eigenvalue weighted by atomic mass is 35.5. The van der Waals surface area contributed by atoms with Gasteiger partial charge in [-0.15, -0.1) is 11.6 Å². The van der Waals surface area contributed by atoms with Gasteiger partial charge in [0.2, 0.25) is 5.91 Å². The molecule has 108 valence electrons. The zero-order chi connectivity index (χ0) is 14.7. The summed E-state index contributed by atoms with van der Waals surface area (Å²) in [4.78, 5) is 15.0. The van der Waals surface area contributed by atoms with Crippen LogP contribution in [-0.2, 0) is 17.2 Å². The van der Waals surface area contributed by atoms with Crippen LogP contribution in [0, 0.1) is 5.82 Å². The van der Waals surface area contributed by atoms with Gasteiger partial charge in [0.15, 0.2) is 0 Å². The van der Waals surface area contributed by atoms with E-state index in [0.29, 0.717) is 30.7 Å². The first-order valence-corrected chi connectivity index (χ1v) is 7.12. The molecule has 0 atom stereocenters. The van der Waals surface area contributed by atoms with Gasteiger partial charge in [0, 0.05) is 19.0 Å². The van der Waals surface area contributed by atoms with Crippen molar-refractivity contribution < 1.29 is 9.18 Å². The third-order valence-corrected chi connectivity index (χ3v) is 3.57. The second-order valence-corrected chi connectivity index (χ2v) is 5.17. The van der Waals surface area contributed by atoms with E-state index >= 15 is 0 Å². The van der Waals surface area contributed by atoms with E-state index in [9.17, 15) is 9.18 Å². The lowest BCUT2D eigenvalue weighted by Crippen LogP contribution is -2.10. The highest BCUT2D eigenvalue weighted by Crippen LogP contribution is 2.25. The Morgan fingerprint density at radius 3 is 2.80 bits per heavy atom. The fourth-order valence-corrected chi connectivity index (χ4v) is 2.45. The third kappa shape index (κ3) is 3.22. The minimum absolute atomic E-state index is 0.0527. The summed E-state index contributed by atoms with van der Waals surface area (Å²) in [6.45, 7) is 0.633. The average Bonchev–Trinajstić information content (AvgIpc) is 2.72. The molecule has 2 rings (SSSR count). The van der Waals surface area contributed by atoms with Crippen molar-refractivity contribution in [2.24, 2.45) is 5.73 Å². The van der Waals surface area contributed by atoms with Gasteiger partial charge in [0.25, 0.3) is 0 Å². The number of fused-ring (bicyclic) bond motifs is 1. The van der Waals surface area contributed by atoms with Gasteiger partial charge in [-0.05, 0) is 18.9 Å². The molecule has 7 heteroatoms. The molecule has 0 radical (unpaired) electrons. The van der Waals surface area contributed by atoms with Gasteiger partial charge < -0.3 is 10.3 Å². The fraction of sp³-hybridized carbons (Fsp3) is 0.385. The predicted octanol–water partition coefficient (Wildman–Crippen LogP) is 3.22. The largest absolute Gasteiger partial charge is 0.370 e. The van der Waals surface area contributed by atoms with Crippen molar-refractivity contribution in [1.29, 1.82) is 0 Å². The van der Waals surface area contributed by atoms with Crippen LogP contribution in [0.3, 0.4) is 0 Å². The van der Waals surface area contributed by atoms with Crippen molar-refractivity contribution >= 4 is 40.1 Å².